The Bertz CT molecular complexity index is 864. The van der Waals surface area contributed by atoms with Gasteiger partial charge in [0.25, 0.3) is 5.91 Å². The molecular weight excluding hydrogens is 501 g/mol. The molecule has 1 aromatic rings. The van der Waals surface area contributed by atoms with Crippen LogP contribution in [0.1, 0.15) is 43.0 Å². The molecule has 2 N–H and O–H groups in total. The molecule has 2 fully saturated rings. The minimum absolute atomic E-state index is 0.0283. The topological polar surface area (TPSA) is 93.2 Å². The van der Waals surface area contributed by atoms with Crippen molar-refractivity contribution in [1.82, 2.24) is 20.0 Å². The number of alkyl halides is 3. The van der Waals surface area contributed by atoms with Crippen LogP contribution in [-0.2, 0) is 9.59 Å². The second-order valence-electron chi connectivity index (χ2n) is 8.86. The summed E-state index contributed by atoms with van der Waals surface area (Å²) in [5.74, 6) is -2.65. The molecule has 202 valence electrons. The Labute approximate surface area is 214 Å². The molecule has 0 radical (unpaired) electrons. The lowest BCUT2D eigenvalue weighted by Crippen LogP contribution is -2.48. The molecule has 3 rings (SSSR count). The van der Waals surface area contributed by atoms with Gasteiger partial charge in [-0.15, -0.1) is 0 Å². The van der Waals surface area contributed by atoms with Crippen LogP contribution < -0.4 is 5.32 Å². The number of rotatable bonds is 7. The van der Waals surface area contributed by atoms with Crippen LogP contribution in [-0.4, -0.2) is 102 Å². The van der Waals surface area contributed by atoms with Crippen molar-refractivity contribution in [3.63, 3.8) is 0 Å². The van der Waals surface area contributed by atoms with E-state index in [-0.39, 0.29) is 11.8 Å². The monoisotopic (exact) mass is 534 g/mol. The number of likely N-dealkylation sites (tertiary alicyclic amines) is 1. The third-order valence-electron chi connectivity index (χ3n) is 6.28. The Hall–Kier alpha value is -2.37. The summed E-state index contributed by atoms with van der Waals surface area (Å²) in [5.41, 5.74) is 0.621. The molecule has 36 heavy (non-hydrogen) atoms. The molecule has 0 bridgehead atoms. The van der Waals surface area contributed by atoms with Crippen LogP contribution in [0.25, 0.3) is 0 Å². The molecule has 0 aromatic heterocycles. The van der Waals surface area contributed by atoms with Crippen LogP contribution in [0.3, 0.4) is 0 Å². The van der Waals surface area contributed by atoms with Crippen molar-refractivity contribution < 1.29 is 32.7 Å². The number of piperidine rings is 1. The Kier molecular flexibility index (Phi) is 11.9. The van der Waals surface area contributed by atoms with Crippen LogP contribution in [0.4, 0.5) is 13.2 Å². The number of halogens is 4. The summed E-state index contributed by atoms with van der Waals surface area (Å²) in [7, 11) is 0. The third-order valence-corrected chi connectivity index (χ3v) is 6.54. The van der Waals surface area contributed by atoms with Gasteiger partial charge >= 0.3 is 12.1 Å². The molecule has 2 aliphatic rings. The number of carboxylic acids is 1. The Balaban J connectivity index is 0.000000572. The second-order valence-corrected chi connectivity index (χ2v) is 9.30. The second kappa shape index (κ2) is 14.4. The average molecular weight is 535 g/mol. The number of benzene rings is 1. The first-order valence-electron chi connectivity index (χ1n) is 12.1. The van der Waals surface area contributed by atoms with Crippen molar-refractivity contribution in [3.8, 4) is 0 Å². The van der Waals surface area contributed by atoms with Crippen molar-refractivity contribution >= 4 is 29.4 Å². The summed E-state index contributed by atoms with van der Waals surface area (Å²) in [6, 6.07) is 7.56. The van der Waals surface area contributed by atoms with Crippen molar-refractivity contribution in [2.45, 2.75) is 44.8 Å². The first kappa shape index (κ1) is 29.9. The Morgan fingerprint density at radius 3 is 2.25 bits per heavy atom. The summed E-state index contributed by atoms with van der Waals surface area (Å²) >= 11 is 5.98. The molecule has 1 aromatic carbocycles. The van der Waals surface area contributed by atoms with E-state index in [2.05, 4.69) is 17.1 Å². The van der Waals surface area contributed by atoms with E-state index in [9.17, 15) is 22.8 Å². The van der Waals surface area contributed by atoms with E-state index in [1.807, 2.05) is 9.80 Å². The first-order chi connectivity index (χ1) is 17.0. The molecule has 2 heterocycles. The van der Waals surface area contributed by atoms with Crippen molar-refractivity contribution in [1.29, 1.82) is 0 Å². The fourth-order valence-corrected chi connectivity index (χ4v) is 4.26. The summed E-state index contributed by atoms with van der Waals surface area (Å²) in [6.07, 6.45) is -0.997. The van der Waals surface area contributed by atoms with Crippen LogP contribution in [0.5, 0.6) is 0 Å². The summed E-state index contributed by atoms with van der Waals surface area (Å²) < 4.78 is 31.7. The first-order valence-corrected chi connectivity index (χ1v) is 12.4. The SMILES string of the molecule is CC1CCCCN1CCN(CCC(=O)N1CCNCC1)C(=O)c1ccc(Cl)cc1.O=C(O)C(F)(F)F. The molecule has 0 spiro atoms. The van der Waals surface area contributed by atoms with E-state index in [1.165, 1.54) is 19.3 Å². The molecule has 12 heteroatoms. The summed E-state index contributed by atoms with van der Waals surface area (Å²) in [5, 5.41) is 11.0. The van der Waals surface area contributed by atoms with Gasteiger partial charge in [0.05, 0.1) is 0 Å². The van der Waals surface area contributed by atoms with E-state index >= 15 is 0 Å². The van der Waals surface area contributed by atoms with Crippen molar-refractivity contribution in [2.24, 2.45) is 0 Å². The Morgan fingerprint density at radius 2 is 1.69 bits per heavy atom. The molecule has 8 nitrogen and oxygen atoms in total. The van der Waals surface area contributed by atoms with Crippen molar-refractivity contribution in [2.75, 3.05) is 52.4 Å². The lowest BCUT2D eigenvalue weighted by atomic mass is 10.0. The maximum Gasteiger partial charge on any atom is 0.490 e. The molecular formula is C24H34ClF3N4O4. The molecule has 1 atom stereocenters. The van der Waals surface area contributed by atoms with Gasteiger partial charge in [0, 0.05) is 68.9 Å². The standard InChI is InChI=1S/C22H33ClN4O2.C2HF3O2/c1-18-4-2-3-12-25(18)16-17-27(22(29)19-5-7-20(23)8-6-19)13-9-21(28)26-14-10-24-11-15-26;3-2(4,5)1(6)7/h5-8,18,24H,2-4,9-17H2,1H3;(H,6,7). The predicted molar refractivity (Wildman–Crippen MR) is 130 cm³/mol. The Morgan fingerprint density at radius 1 is 1.08 bits per heavy atom. The highest BCUT2D eigenvalue weighted by molar-refractivity contribution is 6.30. The summed E-state index contributed by atoms with van der Waals surface area (Å²) in [4.78, 5) is 40.8. The lowest BCUT2D eigenvalue weighted by Gasteiger charge is -2.35. The van der Waals surface area contributed by atoms with Crippen LogP contribution >= 0.6 is 11.6 Å². The van der Waals surface area contributed by atoms with Gasteiger partial charge in [0.1, 0.15) is 0 Å². The third kappa shape index (κ3) is 9.94. The summed E-state index contributed by atoms with van der Waals surface area (Å²) in [6.45, 7) is 8.46. The average Bonchev–Trinajstić information content (AvgIpc) is 2.85. The van der Waals surface area contributed by atoms with E-state index in [0.29, 0.717) is 36.1 Å². The van der Waals surface area contributed by atoms with Crippen LogP contribution in [0, 0.1) is 0 Å². The van der Waals surface area contributed by atoms with Gasteiger partial charge in [-0.05, 0) is 50.6 Å². The highest BCUT2D eigenvalue weighted by atomic mass is 35.5. The number of aliphatic carboxylic acids is 1. The number of nitrogens with zero attached hydrogens (tertiary/aromatic N) is 3. The minimum Gasteiger partial charge on any atom is -0.475 e. The smallest absolute Gasteiger partial charge is 0.475 e. The van der Waals surface area contributed by atoms with Gasteiger partial charge in [-0.3, -0.25) is 14.5 Å². The molecule has 2 saturated heterocycles. The van der Waals surface area contributed by atoms with E-state index in [4.69, 9.17) is 21.5 Å². The predicted octanol–water partition coefficient (Wildman–Crippen LogP) is 3.11. The fourth-order valence-electron chi connectivity index (χ4n) is 4.13. The largest absolute Gasteiger partial charge is 0.490 e. The molecule has 0 aliphatic carbocycles. The molecule has 2 amide bonds. The number of carboxylic acid groups (broad SMARTS) is 1. The maximum atomic E-state index is 13.1. The highest BCUT2D eigenvalue weighted by Gasteiger charge is 2.38. The van der Waals surface area contributed by atoms with Gasteiger partial charge in [0.15, 0.2) is 0 Å². The number of amides is 2. The number of hydrogen-bond acceptors (Lipinski definition) is 5. The van der Waals surface area contributed by atoms with Gasteiger partial charge < -0.3 is 20.2 Å². The van der Waals surface area contributed by atoms with Gasteiger partial charge in [0.2, 0.25) is 5.91 Å². The zero-order chi connectivity index (χ0) is 26.7. The van der Waals surface area contributed by atoms with Crippen LogP contribution in [0.2, 0.25) is 5.02 Å². The quantitative estimate of drug-likeness (QED) is 0.558. The molecule has 1 unspecified atom stereocenters. The fraction of sp³-hybridized carbons (Fsp3) is 0.625. The minimum atomic E-state index is -5.08. The number of hydrogen-bond donors (Lipinski definition) is 2. The number of carbonyl (C=O) groups excluding carboxylic acids is 2. The van der Waals surface area contributed by atoms with Crippen molar-refractivity contribution in [3.05, 3.63) is 34.9 Å². The van der Waals surface area contributed by atoms with Gasteiger partial charge in [-0.2, -0.15) is 13.2 Å². The van der Waals surface area contributed by atoms with Crippen LogP contribution in [0.15, 0.2) is 24.3 Å². The van der Waals surface area contributed by atoms with E-state index in [1.54, 1.807) is 24.3 Å². The molecule has 2 aliphatic heterocycles. The zero-order valence-electron chi connectivity index (χ0n) is 20.4. The zero-order valence-corrected chi connectivity index (χ0v) is 21.2. The molecule has 0 saturated carbocycles. The number of piperazine rings is 1. The van der Waals surface area contributed by atoms with E-state index < -0.39 is 12.1 Å². The number of nitrogens with one attached hydrogen (secondary N) is 1. The normalized spacial score (nSPS) is 18.7. The van der Waals surface area contributed by atoms with Gasteiger partial charge in [-0.25, -0.2) is 4.79 Å². The highest BCUT2D eigenvalue weighted by Crippen LogP contribution is 2.17. The van der Waals surface area contributed by atoms with Gasteiger partial charge in [-0.1, -0.05) is 18.0 Å². The number of carbonyl (C=O) groups is 3. The maximum absolute atomic E-state index is 13.1. The lowest BCUT2D eigenvalue weighted by molar-refractivity contribution is -0.192. The van der Waals surface area contributed by atoms with E-state index in [0.717, 1.165) is 39.3 Å².